The van der Waals surface area contributed by atoms with Gasteiger partial charge in [0.1, 0.15) is 0 Å². The van der Waals surface area contributed by atoms with Crippen molar-refractivity contribution >= 4 is 6.08 Å². The van der Waals surface area contributed by atoms with E-state index in [0.29, 0.717) is 30.4 Å². The summed E-state index contributed by atoms with van der Waals surface area (Å²) >= 11 is 0. The molecule has 0 spiro atoms. The van der Waals surface area contributed by atoms with Crippen LogP contribution >= 0.6 is 0 Å². The van der Waals surface area contributed by atoms with Crippen molar-refractivity contribution in [3.63, 3.8) is 0 Å². The molecule has 1 aliphatic rings. The first-order valence-electron chi connectivity index (χ1n) is 9.63. The van der Waals surface area contributed by atoms with Gasteiger partial charge in [-0.15, -0.1) is 0 Å². The van der Waals surface area contributed by atoms with E-state index >= 15 is 0 Å². The standard InChI is InChI=1S/C23H24F4O/c1-3-15-10-11-17(21(25)20(15)24)9-6-14-4-7-16(8-5-14)18-12-13-19(28-2)23(27)22(18)26/h6,9-14,16H,3-5,7-8H2,1-2H3/b9-6+. The molecule has 0 atom stereocenters. The van der Waals surface area contributed by atoms with Crippen molar-refractivity contribution in [2.45, 2.75) is 44.9 Å². The van der Waals surface area contributed by atoms with Crippen LogP contribution in [-0.2, 0) is 6.42 Å². The number of benzene rings is 2. The zero-order chi connectivity index (χ0) is 20.3. The Bertz CT molecular complexity index is 867. The number of halogens is 4. The second-order valence-corrected chi connectivity index (χ2v) is 7.25. The van der Waals surface area contributed by atoms with Gasteiger partial charge in [0.05, 0.1) is 7.11 Å². The van der Waals surface area contributed by atoms with Crippen molar-refractivity contribution in [3.05, 3.63) is 70.3 Å². The molecule has 0 radical (unpaired) electrons. The molecule has 0 heterocycles. The molecule has 1 nitrogen and oxygen atoms in total. The normalized spacial score (nSPS) is 19.9. The van der Waals surface area contributed by atoms with E-state index in [-0.39, 0.29) is 23.1 Å². The average Bonchev–Trinajstić information content (AvgIpc) is 2.72. The summed E-state index contributed by atoms with van der Waals surface area (Å²) in [5, 5.41) is 0. The molecule has 1 fully saturated rings. The van der Waals surface area contributed by atoms with Crippen LogP contribution in [0.4, 0.5) is 17.6 Å². The number of allylic oxidation sites excluding steroid dienone is 1. The molecule has 2 aromatic rings. The monoisotopic (exact) mass is 392 g/mol. The molecule has 0 bridgehead atoms. The molecular formula is C23H24F4O. The van der Waals surface area contributed by atoms with E-state index in [4.69, 9.17) is 4.74 Å². The van der Waals surface area contributed by atoms with Gasteiger partial charge in [0.15, 0.2) is 23.2 Å². The van der Waals surface area contributed by atoms with Gasteiger partial charge in [0, 0.05) is 5.56 Å². The van der Waals surface area contributed by atoms with Crippen LogP contribution in [0.5, 0.6) is 5.75 Å². The van der Waals surface area contributed by atoms with Crippen molar-refractivity contribution in [1.82, 2.24) is 0 Å². The number of hydrogen-bond donors (Lipinski definition) is 0. The Morgan fingerprint density at radius 3 is 2.25 bits per heavy atom. The van der Waals surface area contributed by atoms with Crippen molar-refractivity contribution in [2.75, 3.05) is 7.11 Å². The first-order valence-corrected chi connectivity index (χ1v) is 9.63. The first-order chi connectivity index (χ1) is 13.5. The maximum atomic E-state index is 14.3. The molecule has 0 saturated heterocycles. The maximum Gasteiger partial charge on any atom is 0.200 e. The van der Waals surface area contributed by atoms with E-state index in [9.17, 15) is 17.6 Å². The summed E-state index contributed by atoms with van der Waals surface area (Å²) < 4.78 is 61.1. The fourth-order valence-electron chi connectivity index (χ4n) is 3.89. The first kappa shape index (κ1) is 20.4. The van der Waals surface area contributed by atoms with Crippen LogP contribution in [0.1, 0.15) is 55.2 Å². The molecule has 1 saturated carbocycles. The lowest BCUT2D eigenvalue weighted by Crippen LogP contribution is -2.13. The van der Waals surface area contributed by atoms with Gasteiger partial charge in [-0.05, 0) is 61.1 Å². The smallest absolute Gasteiger partial charge is 0.200 e. The largest absolute Gasteiger partial charge is 0.494 e. The minimum Gasteiger partial charge on any atom is -0.494 e. The molecule has 1 aliphatic carbocycles. The van der Waals surface area contributed by atoms with Gasteiger partial charge in [-0.25, -0.2) is 13.2 Å². The van der Waals surface area contributed by atoms with Gasteiger partial charge in [0.25, 0.3) is 0 Å². The molecule has 2 aromatic carbocycles. The molecule has 28 heavy (non-hydrogen) atoms. The SMILES string of the molecule is CCc1ccc(/C=C/C2CCC(c3ccc(OC)c(F)c3F)CC2)c(F)c1F. The third-order valence-corrected chi connectivity index (χ3v) is 5.63. The van der Waals surface area contributed by atoms with Gasteiger partial charge in [0.2, 0.25) is 5.82 Å². The highest BCUT2D eigenvalue weighted by atomic mass is 19.2. The maximum absolute atomic E-state index is 14.3. The van der Waals surface area contributed by atoms with Gasteiger partial charge >= 0.3 is 0 Å². The molecular weight excluding hydrogens is 368 g/mol. The summed E-state index contributed by atoms with van der Waals surface area (Å²) in [5.41, 5.74) is 0.980. The zero-order valence-corrected chi connectivity index (χ0v) is 16.1. The molecule has 0 N–H and O–H groups in total. The quantitative estimate of drug-likeness (QED) is 0.509. The van der Waals surface area contributed by atoms with Crippen LogP contribution < -0.4 is 4.74 Å². The number of aryl methyl sites for hydroxylation is 1. The van der Waals surface area contributed by atoms with E-state index in [1.807, 2.05) is 6.08 Å². The predicted octanol–water partition coefficient (Wildman–Crippen LogP) is 6.80. The molecule has 150 valence electrons. The molecule has 0 aliphatic heterocycles. The molecule has 0 unspecified atom stereocenters. The van der Waals surface area contributed by atoms with Crippen molar-refractivity contribution < 1.29 is 22.3 Å². The highest BCUT2D eigenvalue weighted by Crippen LogP contribution is 2.39. The summed E-state index contributed by atoms with van der Waals surface area (Å²) in [6, 6.07) is 6.24. The third-order valence-electron chi connectivity index (χ3n) is 5.63. The fourth-order valence-corrected chi connectivity index (χ4v) is 3.89. The summed E-state index contributed by atoms with van der Waals surface area (Å²) in [6.45, 7) is 1.78. The van der Waals surface area contributed by atoms with Crippen LogP contribution in [-0.4, -0.2) is 7.11 Å². The van der Waals surface area contributed by atoms with Gasteiger partial charge in [-0.3, -0.25) is 0 Å². The Morgan fingerprint density at radius 2 is 1.61 bits per heavy atom. The lowest BCUT2D eigenvalue weighted by Gasteiger charge is -2.27. The van der Waals surface area contributed by atoms with Crippen LogP contribution in [0.15, 0.2) is 30.3 Å². The highest BCUT2D eigenvalue weighted by molar-refractivity contribution is 5.51. The Labute approximate surface area is 163 Å². The van der Waals surface area contributed by atoms with Crippen LogP contribution in [0.3, 0.4) is 0 Å². The minimum atomic E-state index is -0.949. The third kappa shape index (κ3) is 4.08. The Balaban J connectivity index is 1.66. The van der Waals surface area contributed by atoms with Crippen LogP contribution in [0.25, 0.3) is 6.08 Å². The molecule has 0 amide bonds. The Morgan fingerprint density at radius 1 is 0.893 bits per heavy atom. The Kier molecular flexibility index (Phi) is 6.42. The van der Waals surface area contributed by atoms with E-state index in [2.05, 4.69) is 0 Å². The summed E-state index contributed by atoms with van der Waals surface area (Å²) in [4.78, 5) is 0. The summed E-state index contributed by atoms with van der Waals surface area (Å²) in [6.07, 6.45) is 6.95. The van der Waals surface area contributed by atoms with Crippen molar-refractivity contribution in [2.24, 2.45) is 5.92 Å². The average molecular weight is 392 g/mol. The zero-order valence-electron chi connectivity index (χ0n) is 16.1. The second-order valence-electron chi connectivity index (χ2n) is 7.25. The summed E-state index contributed by atoms with van der Waals surface area (Å²) in [7, 11) is 1.31. The van der Waals surface area contributed by atoms with E-state index in [1.54, 1.807) is 31.2 Å². The minimum absolute atomic E-state index is 0.0527. The van der Waals surface area contributed by atoms with E-state index in [1.165, 1.54) is 13.2 Å². The lowest BCUT2D eigenvalue weighted by molar-refractivity contribution is 0.350. The number of ether oxygens (including phenoxy) is 1. The second kappa shape index (κ2) is 8.80. The predicted molar refractivity (Wildman–Crippen MR) is 102 cm³/mol. The number of rotatable bonds is 5. The van der Waals surface area contributed by atoms with E-state index < -0.39 is 23.3 Å². The van der Waals surface area contributed by atoms with Crippen molar-refractivity contribution in [1.29, 1.82) is 0 Å². The summed E-state index contributed by atoms with van der Waals surface area (Å²) in [5.74, 6) is -3.34. The van der Waals surface area contributed by atoms with Gasteiger partial charge in [-0.2, -0.15) is 4.39 Å². The van der Waals surface area contributed by atoms with Crippen LogP contribution in [0.2, 0.25) is 0 Å². The topological polar surface area (TPSA) is 9.23 Å². The number of methoxy groups -OCH3 is 1. The van der Waals surface area contributed by atoms with Crippen molar-refractivity contribution in [3.8, 4) is 5.75 Å². The van der Waals surface area contributed by atoms with Gasteiger partial charge in [-0.1, -0.05) is 37.3 Å². The molecule has 3 rings (SSSR count). The molecule has 0 aromatic heterocycles. The van der Waals surface area contributed by atoms with E-state index in [0.717, 1.165) is 12.8 Å². The highest BCUT2D eigenvalue weighted by Gasteiger charge is 2.25. The molecule has 5 heteroatoms. The fraction of sp³-hybridized carbons (Fsp3) is 0.391. The Hall–Kier alpha value is -2.30. The number of hydrogen-bond acceptors (Lipinski definition) is 1. The lowest BCUT2D eigenvalue weighted by atomic mass is 9.78. The van der Waals surface area contributed by atoms with Crippen LogP contribution in [0, 0.1) is 29.2 Å². The van der Waals surface area contributed by atoms with Gasteiger partial charge < -0.3 is 4.74 Å².